The van der Waals surface area contributed by atoms with Crippen LogP contribution in [0.2, 0.25) is 0 Å². The Balaban J connectivity index is 1.91. The number of rotatable bonds is 2. The Bertz CT molecular complexity index is 534. The van der Waals surface area contributed by atoms with E-state index >= 15 is 0 Å². The highest BCUT2D eigenvalue weighted by molar-refractivity contribution is 5.41. The zero-order valence-electron chi connectivity index (χ0n) is 11.2. The van der Waals surface area contributed by atoms with Gasteiger partial charge in [0.25, 0.3) is 0 Å². The largest absolute Gasteiger partial charge is 0.493 e. The monoisotopic (exact) mass is 257 g/mol. The number of hydrogen-bond donors (Lipinski definition) is 1. The first-order chi connectivity index (χ1) is 9.14. The predicted octanol–water partition coefficient (Wildman–Crippen LogP) is 2.98. The molecule has 1 fully saturated rings. The molecule has 0 radical (unpaired) electrons. The number of nitrogens with zero attached hydrogens (tertiary/aromatic N) is 1. The lowest BCUT2D eigenvalue weighted by Crippen LogP contribution is -2.24. The molecule has 0 bridgehead atoms. The Labute approximate surface area is 113 Å². The van der Waals surface area contributed by atoms with Crippen molar-refractivity contribution in [2.24, 2.45) is 11.3 Å². The standard InChI is InChI=1S/C16H19NO2/c1-11-4-6-16(9-11,10-17)15(18)13-2-3-14-12(8-13)5-7-19-14/h2-3,8,11,15,18H,4-7,9H2,1H3. The highest BCUT2D eigenvalue weighted by Gasteiger charge is 2.44. The van der Waals surface area contributed by atoms with E-state index in [1.54, 1.807) is 0 Å². The molecule has 1 aromatic rings. The number of nitriles is 1. The molecule has 1 heterocycles. The topological polar surface area (TPSA) is 53.2 Å². The van der Waals surface area contributed by atoms with E-state index in [2.05, 4.69) is 13.0 Å². The number of benzene rings is 1. The van der Waals surface area contributed by atoms with E-state index in [1.165, 1.54) is 0 Å². The van der Waals surface area contributed by atoms with Crippen LogP contribution in [0.25, 0.3) is 0 Å². The molecule has 3 atom stereocenters. The molecule has 1 saturated carbocycles. The van der Waals surface area contributed by atoms with Gasteiger partial charge in [-0.3, -0.25) is 0 Å². The summed E-state index contributed by atoms with van der Waals surface area (Å²) in [6.45, 7) is 2.87. The maximum Gasteiger partial charge on any atom is 0.122 e. The predicted molar refractivity (Wildman–Crippen MR) is 71.7 cm³/mol. The third kappa shape index (κ3) is 2.01. The van der Waals surface area contributed by atoms with Gasteiger partial charge in [-0.1, -0.05) is 13.0 Å². The summed E-state index contributed by atoms with van der Waals surface area (Å²) < 4.78 is 5.48. The Kier molecular flexibility index (Phi) is 2.99. The molecule has 100 valence electrons. The van der Waals surface area contributed by atoms with Crippen molar-refractivity contribution in [1.82, 2.24) is 0 Å². The van der Waals surface area contributed by atoms with Crippen molar-refractivity contribution in [2.75, 3.05) is 6.61 Å². The highest BCUT2D eigenvalue weighted by Crippen LogP contribution is 2.49. The SMILES string of the molecule is CC1CCC(C#N)(C(O)c2ccc3c(c2)CCO3)C1. The molecule has 19 heavy (non-hydrogen) atoms. The molecule has 3 nitrogen and oxygen atoms in total. The van der Waals surface area contributed by atoms with Crippen LogP contribution in [0, 0.1) is 22.7 Å². The molecule has 1 aromatic carbocycles. The first kappa shape index (κ1) is 12.5. The molecule has 0 spiro atoms. The maximum atomic E-state index is 10.7. The molecule has 3 heteroatoms. The van der Waals surface area contributed by atoms with Crippen molar-refractivity contribution in [1.29, 1.82) is 5.26 Å². The van der Waals surface area contributed by atoms with Gasteiger partial charge in [0.05, 0.1) is 24.2 Å². The molecule has 1 aliphatic carbocycles. The van der Waals surface area contributed by atoms with Crippen molar-refractivity contribution in [2.45, 2.75) is 38.7 Å². The Morgan fingerprint density at radius 1 is 1.53 bits per heavy atom. The van der Waals surface area contributed by atoms with Gasteiger partial charge >= 0.3 is 0 Å². The van der Waals surface area contributed by atoms with Crippen LogP contribution in [0.1, 0.15) is 43.4 Å². The van der Waals surface area contributed by atoms with E-state index in [-0.39, 0.29) is 0 Å². The molecule has 3 unspecified atom stereocenters. The molecule has 3 rings (SSSR count). The van der Waals surface area contributed by atoms with E-state index in [9.17, 15) is 10.4 Å². The second-order valence-corrected chi connectivity index (χ2v) is 5.98. The first-order valence-corrected chi connectivity index (χ1v) is 6.99. The van der Waals surface area contributed by atoms with E-state index in [4.69, 9.17) is 4.74 Å². The summed E-state index contributed by atoms with van der Waals surface area (Å²) in [7, 11) is 0. The summed E-state index contributed by atoms with van der Waals surface area (Å²) >= 11 is 0. The van der Waals surface area contributed by atoms with E-state index in [1.807, 2.05) is 18.2 Å². The minimum Gasteiger partial charge on any atom is -0.493 e. The Hall–Kier alpha value is -1.53. The second kappa shape index (κ2) is 4.54. The van der Waals surface area contributed by atoms with Gasteiger partial charge in [0.15, 0.2) is 0 Å². The Morgan fingerprint density at radius 3 is 3.05 bits per heavy atom. The molecule has 2 aliphatic rings. The third-order valence-electron chi connectivity index (χ3n) is 4.57. The van der Waals surface area contributed by atoms with Gasteiger partial charge in [0.1, 0.15) is 5.75 Å². The summed E-state index contributed by atoms with van der Waals surface area (Å²) in [5.41, 5.74) is 1.41. The van der Waals surface area contributed by atoms with Crippen molar-refractivity contribution in [3.8, 4) is 11.8 Å². The number of hydrogen-bond acceptors (Lipinski definition) is 3. The second-order valence-electron chi connectivity index (χ2n) is 5.98. The normalized spacial score (nSPS) is 30.5. The minimum absolute atomic E-state index is 0.520. The number of aliphatic hydroxyl groups excluding tert-OH is 1. The minimum atomic E-state index is -0.687. The van der Waals surface area contributed by atoms with Gasteiger partial charge in [-0.2, -0.15) is 5.26 Å². The van der Waals surface area contributed by atoms with Crippen LogP contribution in [0.5, 0.6) is 5.75 Å². The van der Waals surface area contributed by atoms with Gasteiger partial charge in [-0.25, -0.2) is 0 Å². The zero-order valence-corrected chi connectivity index (χ0v) is 11.2. The smallest absolute Gasteiger partial charge is 0.122 e. The molecule has 0 aromatic heterocycles. The molecular formula is C16H19NO2. The molecule has 0 saturated heterocycles. The van der Waals surface area contributed by atoms with Crippen LogP contribution in [0.4, 0.5) is 0 Å². The van der Waals surface area contributed by atoms with Crippen LogP contribution < -0.4 is 4.74 Å². The van der Waals surface area contributed by atoms with Crippen LogP contribution in [0.3, 0.4) is 0 Å². The van der Waals surface area contributed by atoms with Crippen LogP contribution in [0.15, 0.2) is 18.2 Å². The zero-order chi connectivity index (χ0) is 13.5. The molecular weight excluding hydrogens is 238 g/mol. The van der Waals surface area contributed by atoms with Gasteiger partial charge in [-0.15, -0.1) is 0 Å². The summed E-state index contributed by atoms with van der Waals surface area (Å²) in [5.74, 6) is 1.44. The van der Waals surface area contributed by atoms with Crippen LogP contribution in [-0.2, 0) is 6.42 Å². The van der Waals surface area contributed by atoms with Gasteiger partial charge in [-0.05, 0) is 48.4 Å². The third-order valence-corrected chi connectivity index (χ3v) is 4.57. The van der Waals surface area contributed by atoms with Crippen LogP contribution >= 0.6 is 0 Å². The van der Waals surface area contributed by atoms with Crippen LogP contribution in [-0.4, -0.2) is 11.7 Å². The summed E-state index contributed by atoms with van der Waals surface area (Å²) in [5, 5.41) is 20.2. The van der Waals surface area contributed by atoms with Gasteiger partial charge < -0.3 is 9.84 Å². The number of fused-ring (bicyclic) bond motifs is 1. The number of ether oxygens (including phenoxy) is 1. The van der Waals surface area contributed by atoms with Crippen molar-refractivity contribution in [3.63, 3.8) is 0 Å². The average Bonchev–Trinajstić information content (AvgIpc) is 3.03. The highest BCUT2D eigenvalue weighted by atomic mass is 16.5. The average molecular weight is 257 g/mol. The summed E-state index contributed by atoms with van der Waals surface area (Å²) in [6.07, 6.45) is 2.82. The molecule has 0 amide bonds. The van der Waals surface area contributed by atoms with E-state index in [0.29, 0.717) is 5.92 Å². The van der Waals surface area contributed by atoms with E-state index in [0.717, 1.165) is 49.2 Å². The lowest BCUT2D eigenvalue weighted by atomic mass is 9.78. The summed E-state index contributed by atoms with van der Waals surface area (Å²) in [6, 6.07) is 8.22. The lowest BCUT2D eigenvalue weighted by Gasteiger charge is -2.27. The van der Waals surface area contributed by atoms with Gasteiger partial charge in [0.2, 0.25) is 0 Å². The fraction of sp³-hybridized carbons (Fsp3) is 0.562. The first-order valence-electron chi connectivity index (χ1n) is 6.99. The number of aliphatic hydroxyl groups is 1. The Morgan fingerprint density at radius 2 is 2.37 bits per heavy atom. The van der Waals surface area contributed by atoms with Crippen molar-refractivity contribution in [3.05, 3.63) is 29.3 Å². The molecule has 1 N–H and O–H groups in total. The van der Waals surface area contributed by atoms with Gasteiger partial charge in [0, 0.05) is 6.42 Å². The fourth-order valence-electron chi connectivity index (χ4n) is 3.44. The van der Waals surface area contributed by atoms with Crippen molar-refractivity contribution < 1.29 is 9.84 Å². The maximum absolute atomic E-state index is 10.7. The lowest BCUT2D eigenvalue weighted by molar-refractivity contribution is 0.0646. The fourth-order valence-corrected chi connectivity index (χ4v) is 3.44. The summed E-state index contributed by atoms with van der Waals surface area (Å²) in [4.78, 5) is 0. The van der Waals surface area contributed by atoms with E-state index < -0.39 is 11.5 Å². The quantitative estimate of drug-likeness (QED) is 0.886. The molecule has 1 aliphatic heterocycles. The van der Waals surface area contributed by atoms with Crippen molar-refractivity contribution >= 4 is 0 Å².